The van der Waals surface area contributed by atoms with Gasteiger partial charge in [-0.1, -0.05) is 13.0 Å². The van der Waals surface area contributed by atoms with E-state index in [9.17, 15) is 14.4 Å². The molecule has 0 bridgehead atoms. The predicted molar refractivity (Wildman–Crippen MR) is 127 cm³/mol. The van der Waals surface area contributed by atoms with Crippen molar-refractivity contribution in [2.24, 2.45) is 11.7 Å². The Labute approximate surface area is 196 Å². The van der Waals surface area contributed by atoms with E-state index in [4.69, 9.17) is 5.73 Å². The highest BCUT2D eigenvalue weighted by Crippen LogP contribution is 2.40. The largest absolute Gasteiger partial charge is 0.365 e. The summed E-state index contributed by atoms with van der Waals surface area (Å²) in [6, 6.07) is 6.69. The minimum absolute atomic E-state index is 0.0933. The van der Waals surface area contributed by atoms with Crippen LogP contribution in [-0.2, 0) is 16.1 Å². The van der Waals surface area contributed by atoms with Crippen LogP contribution in [0, 0.1) is 5.92 Å². The van der Waals surface area contributed by atoms with Gasteiger partial charge in [-0.3, -0.25) is 19.7 Å². The van der Waals surface area contributed by atoms with Crippen molar-refractivity contribution in [2.75, 3.05) is 4.90 Å². The van der Waals surface area contributed by atoms with Gasteiger partial charge in [0.1, 0.15) is 6.04 Å². The second-order valence-corrected chi connectivity index (χ2v) is 10.6. The van der Waals surface area contributed by atoms with Crippen molar-refractivity contribution >= 4 is 23.4 Å². The number of imide groups is 1. The molecule has 2 aliphatic heterocycles. The number of carbonyl (C=O) groups is 3. The average molecular weight is 453 g/mol. The first-order valence-corrected chi connectivity index (χ1v) is 12.7. The summed E-state index contributed by atoms with van der Waals surface area (Å²) in [6.45, 7) is 2.78. The zero-order valence-corrected chi connectivity index (χ0v) is 19.6. The maximum absolute atomic E-state index is 13.4. The van der Waals surface area contributed by atoms with Crippen LogP contribution in [0.15, 0.2) is 18.2 Å². The van der Waals surface area contributed by atoms with E-state index in [-0.39, 0.29) is 24.1 Å². The molecule has 1 saturated heterocycles. The molecule has 2 saturated carbocycles. The first-order valence-electron chi connectivity index (χ1n) is 12.7. The summed E-state index contributed by atoms with van der Waals surface area (Å²) in [5.41, 5.74) is 9.15. The van der Waals surface area contributed by atoms with E-state index in [1.807, 2.05) is 12.1 Å². The fourth-order valence-corrected chi connectivity index (χ4v) is 6.40. The molecule has 1 atom stereocenters. The van der Waals surface area contributed by atoms with Gasteiger partial charge in [0, 0.05) is 47.9 Å². The van der Waals surface area contributed by atoms with Gasteiger partial charge in [-0.2, -0.15) is 0 Å². The molecule has 2 heterocycles. The molecule has 1 aromatic rings. The third kappa shape index (κ3) is 4.27. The summed E-state index contributed by atoms with van der Waals surface area (Å²) in [5.74, 6) is 0.0702. The normalized spacial score (nSPS) is 32.5. The number of piperidine rings is 1. The highest BCUT2D eigenvalue weighted by atomic mass is 16.2. The van der Waals surface area contributed by atoms with Gasteiger partial charge < -0.3 is 15.5 Å². The molecule has 3 fully saturated rings. The Bertz CT molecular complexity index is 909. The second-order valence-electron chi connectivity index (χ2n) is 10.6. The predicted octanol–water partition coefficient (Wildman–Crippen LogP) is 3.10. The second kappa shape index (κ2) is 9.09. The molecule has 7 heteroatoms. The molecule has 3 amide bonds. The van der Waals surface area contributed by atoms with Gasteiger partial charge in [-0.15, -0.1) is 0 Å². The molecule has 2 aliphatic carbocycles. The number of nitrogens with one attached hydrogen (secondary N) is 1. The Balaban J connectivity index is 1.46. The number of hydrogen-bond donors (Lipinski definition) is 2. The molecule has 7 nitrogen and oxygen atoms in total. The van der Waals surface area contributed by atoms with Crippen LogP contribution < -0.4 is 16.0 Å². The number of nitrogens with zero attached hydrogens (tertiary/aromatic N) is 2. The third-order valence-corrected chi connectivity index (χ3v) is 8.35. The lowest BCUT2D eigenvalue weighted by Gasteiger charge is -2.45. The number of rotatable bonds is 4. The van der Waals surface area contributed by atoms with Crippen LogP contribution in [0.3, 0.4) is 0 Å². The highest BCUT2D eigenvalue weighted by Gasteiger charge is 2.41. The van der Waals surface area contributed by atoms with Crippen LogP contribution in [0.5, 0.6) is 0 Å². The van der Waals surface area contributed by atoms with E-state index >= 15 is 0 Å². The molecule has 4 aliphatic rings. The Morgan fingerprint density at radius 1 is 0.939 bits per heavy atom. The zero-order valence-electron chi connectivity index (χ0n) is 19.6. The average Bonchev–Trinajstić information content (AvgIpc) is 3.14. The lowest BCUT2D eigenvalue weighted by Crippen LogP contribution is -2.52. The van der Waals surface area contributed by atoms with Crippen molar-refractivity contribution < 1.29 is 14.4 Å². The van der Waals surface area contributed by atoms with Gasteiger partial charge in [0.25, 0.3) is 5.91 Å². The summed E-state index contributed by atoms with van der Waals surface area (Å²) in [4.78, 5) is 41.8. The van der Waals surface area contributed by atoms with Crippen molar-refractivity contribution in [1.29, 1.82) is 0 Å². The minimum Gasteiger partial charge on any atom is -0.365 e. The molecule has 3 N–H and O–H groups in total. The Kier molecular flexibility index (Phi) is 6.16. The number of hydrogen-bond acceptors (Lipinski definition) is 5. The summed E-state index contributed by atoms with van der Waals surface area (Å²) < 4.78 is 0. The van der Waals surface area contributed by atoms with E-state index in [0.717, 1.165) is 42.9 Å². The van der Waals surface area contributed by atoms with Gasteiger partial charge in [0.15, 0.2) is 0 Å². The Hall–Kier alpha value is -2.41. The molecule has 178 valence electrons. The van der Waals surface area contributed by atoms with E-state index in [1.165, 1.54) is 25.7 Å². The summed E-state index contributed by atoms with van der Waals surface area (Å²) in [6.07, 6.45) is 9.76. The van der Waals surface area contributed by atoms with Crippen molar-refractivity contribution in [2.45, 2.75) is 102 Å². The SMILES string of the molecule is CC1CCC(N(c2cccc3c2CN(C2CCC(=O)NC2=O)C3=O)C2CCC(N)CC2)CC1. The standard InChI is InChI=1S/C26H36N4O3/c1-16-5-9-18(10-6-16)30(19-11-7-17(27)8-12-19)22-4-2-3-20-21(22)15-29(26(20)33)23-13-14-24(31)28-25(23)32/h2-4,16-19,23H,5-15,27H2,1H3,(H,28,31,32). The molecule has 1 unspecified atom stereocenters. The number of benzene rings is 1. The van der Waals surface area contributed by atoms with E-state index < -0.39 is 6.04 Å². The number of amides is 3. The highest BCUT2D eigenvalue weighted by molar-refractivity contribution is 6.06. The lowest BCUT2D eigenvalue weighted by molar-refractivity contribution is -0.136. The summed E-state index contributed by atoms with van der Waals surface area (Å²) in [5, 5.41) is 2.41. The third-order valence-electron chi connectivity index (χ3n) is 8.35. The number of fused-ring (bicyclic) bond motifs is 1. The molecule has 5 rings (SSSR count). The van der Waals surface area contributed by atoms with Crippen LogP contribution >= 0.6 is 0 Å². The molecule has 0 spiro atoms. The Morgan fingerprint density at radius 2 is 1.61 bits per heavy atom. The first kappa shape index (κ1) is 22.4. The van der Waals surface area contributed by atoms with Crippen molar-refractivity contribution in [3.63, 3.8) is 0 Å². The van der Waals surface area contributed by atoms with Crippen LogP contribution in [0.2, 0.25) is 0 Å². The molecule has 0 radical (unpaired) electrons. The number of carbonyl (C=O) groups excluding carboxylic acids is 3. The van der Waals surface area contributed by atoms with Gasteiger partial charge in [0.2, 0.25) is 11.8 Å². The fourth-order valence-electron chi connectivity index (χ4n) is 6.40. The molecule has 0 aromatic heterocycles. The molecular weight excluding hydrogens is 416 g/mol. The molecule has 1 aromatic carbocycles. The van der Waals surface area contributed by atoms with Crippen molar-refractivity contribution in [3.8, 4) is 0 Å². The van der Waals surface area contributed by atoms with Crippen LogP contribution in [0.1, 0.15) is 87.1 Å². The monoisotopic (exact) mass is 452 g/mol. The molecular formula is C26H36N4O3. The van der Waals surface area contributed by atoms with Crippen LogP contribution in [0.4, 0.5) is 5.69 Å². The lowest BCUT2D eigenvalue weighted by atomic mass is 9.83. The number of anilines is 1. The number of nitrogens with two attached hydrogens (primary N) is 1. The van der Waals surface area contributed by atoms with Crippen LogP contribution in [-0.4, -0.2) is 46.8 Å². The zero-order chi connectivity index (χ0) is 23.1. The van der Waals surface area contributed by atoms with Gasteiger partial charge in [-0.25, -0.2) is 0 Å². The van der Waals surface area contributed by atoms with Crippen molar-refractivity contribution in [3.05, 3.63) is 29.3 Å². The maximum atomic E-state index is 13.4. The smallest absolute Gasteiger partial charge is 0.255 e. The fraction of sp³-hybridized carbons (Fsp3) is 0.654. The van der Waals surface area contributed by atoms with Gasteiger partial charge >= 0.3 is 0 Å². The van der Waals surface area contributed by atoms with Gasteiger partial charge in [-0.05, 0) is 75.8 Å². The van der Waals surface area contributed by atoms with Crippen molar-refractivity contribution in [1.82, 2.24) is 10.2 Å². The minimum atomic E-state index is -0.577. The topological polar surface area (TPSA) is 95.7 Å². The molecule has 33 heavy (non-hydrogen) atoms. The summed E-state index contributed by atoms with van der Waals surface area (Å²) in [7, 11) is 0. The van der Waals surface area contributed by atoms with E-state index in [1.54, 1.807) is 4.90 Å². The van der Waals surface area contributed by atoms with E-state index in [0.29, 0.717) is 36.7 Å². The van der Waals surface area contributed by atoms with Gasteiger partial charge in [0.05, 0.1) is 0 Å². The Morgan fingerprint density at radius 3 is 2.27 bits per heavy atom. The first-order chi connectivity index (χ1) is 15.9. The maximum Gasteiger partial charge on any atom is 0.255 e. The summed E-state index contributed by atoms with van der Waals surface area (Å²) >= 11 is 0. The van der Waals surface area contributed by atoms with Crippen LogP contribution in [0.25, 0.3) is 0 Å². The van der Waals surface area contributed by atoms with E-state index in [2.05, 4.69) is 23.2 Å². The quantitative estimate of drug-likeness (QED) is 0.685.